The predicted molar refractivity (Wildman–Crippen MR) is 103 cm³/mol. The van der Waals surface area contributed by atoms with Crippen LogP contribution in [0.25, 0.3) is 33.9 Å². The summed E-state index contributed by atoms with van der Waals surface area (Å²) in [7, 11) is 0. The maximum atomic E-state index is 10.9. The molecule has 0 aliphatic heterocycles. The predicted octanol–water partition coefficient (Wildman–Crippen LogP) is 4.78. The molecule has 2 aromatic heterocycles. The third-order valence-corrected chi connectivity index (χ3v) is 4.11. The van der Waals surface area contributed by atoms with Gasteiger partial charge in [-0.2, -0.15) is 0 Å². The van der Waals surface area contributed by atoms with Crippen LogP contribution in [0.5, 0.6) is 0 Å². The van der Waals surface area contributed by atoms with Crippen molar-refractivity contribution < 1.29 is 4.92 Å². The fourth-order valence-corrected chi connectivity index (χ4v) is 2.74. The topological polar surface area (TPSA) is 81.8 Å². The molecule has 0 atom stereocenters. The van der Waals surface area contributed by atoms with Crippen molar-refractivity contribution in [3.63, 3.8) is 0 Å². The molecule has 4 aromatic rings. The molecule has 0 fully saturated rings. The van der Waals surface area contributed by atoms with E-state index in [1.54, 1.807) is 24.5 Å². The molecular weight excluding hydrogens is 340 g/mol. The molecule has 6 heteroatoms. The van der Waals surface area contributed by atoms with Crippen LogP contribution in [0, 0.1) is 10.1 Å². The zero-order chi connectivity index (χ0) is 18.6. The average Bonchev–Trinajstić information content (AvgIpc) is 2.75. The van der Waals surface area contributed by atoms with Gasteiger partial charge < -0.3 is 0 Å². The first-order chi connectivity index (χ1) is 13.2. The van der Waals surface area contributed by atoms with Crippen LogP contribution in [0.15, 0.2) is 85.2 Å². The van der Waals surface area contributed by atoms with Crippen molar-refractivity contribution in [1.29, 1.82) is 0 Å². The molecule has 6 nitrogen and oxygen atoms in total. The Morgan fingerprint density at radius 2 is 1.30 bits per heavy atom. The lowest BCUT2D eigenvalue weighted by molar-refractivity contribution is -0.384. The summed E-state index contributed by atoms with van der Waals surface area (Å²) in [6.07, 6.45) is 3.39. The van der Waals surface area contributed by atoms with Gasteiger partial charge in [0.15, 0.2) is 5.82 Å². The normalized spacial score (nSPS) is 10.5. The Balaban J connectivity index is 1.86. The fourth-order valence-electron chi connectivity index (χ4n) is 2.74. The highest BCUT2D eigenvalue weighted by Crippen LogP contribution is 2.28. The summed E-state index contributed by atoms with van der Waals surface area (Å²) in [5.74, 6) is 0.576. The summed E-state index contributed by atoms with van der Waals surface area (Å²) in [5.41, 5.74) is 4.14. The Hall–Kier alpha value is -3.93. The fraction of sp³-hybridized carbons (Fsp3) is 0. The molecule has 0 aliphatic carbocycles. The van der Waals surface area contributed by atoms with E-state index in [-0.39, 0.29) is 5.69 Å². The Bertz CT molecular complexity index is 1020. The molecule has 0 N–H and O–H groups in total. The van der Waals surface area contributed by atoms with Crippen molar-refractivity contribution in [3.05, 3.63) is 95.3 Å². The van der Waals surface area contributed by atoms with Gasteiger partial charge in [0.1, 0.15) is 0 Å². The highest BCUT2D eigenvalue weighted by molar-refractivity contribution is 5.71. The van der Waals surface area contributed by atoms with Gasteiger partial charge in [-0.3, -0.25) is 15.1 Å². The third kappa shape index (κ3) is 3.55. The highest BCUT2D eigenvalue weighted by atomic mass is 16.6. The number of nitrogens with zero attached hydrogens (tertiary/aromatic N) is 4. The first-order valence-corrected chi connectivity index (χ1v) is 8.30. The van der Waals surface area contributed by atoms with E-state index < -0.39 is 4.92 Å². The Kier molecular flexibility index (Phi) is 4.37. The minimum absolute atomic E-state index is 0.0467. The van der Waals surface area contributed by atoms with Crippen LogP contribution >= 0.6 is 0 Å². The zero-order valence-electron chi connectivity index (χ0n) is 14.2. The number of nitro groups is 1. The average molecular weight is 354 g/mol. The van der Waals surface area contributed by atoms with Crippen molar-refractivity contribution in [2.75, 3.05) is 0 Å². The number of benzene rings is 2. The van der Waals surface area contributed by atoms with Crippen LogP contribution < -0.4 is 0 Å². The molecular formula is C21H14N4O2. The Labute approximate surface area is 155 Å². The van der Waals surface area contributed by atoms with Crippen molar-refractivity contribution in [1.82, 2.24) is 15.0 Å². The number of non-ortho nitro benzene ring substituents is 1. The first-order valence-electron chi connectivity index (χ1n) is 8.30. The molecule has 130 valence electrons. The number of hydrogen-bond acceptors (Lipinski definition) is 5. The van der Waals surface area contributed by atoms with E-state index in [0.29, 0.717) is 11.5 Å². The van der Waals surface area contributed by atoms with Crippen molar-refractivity contribution in [2.24, 2.45) is 0 Å². The molecule has 4 rings (SSSR count). The summed E-state index contributed by atoms with van der Waals surface area (Å²) >= 11 is 0. The first kappa shape index (κ1) is 16.5. The van der Waals surface area contributed by atoms with Gasteiger partial charge in [0, 0.05) is 41.2 Å². The van der Waals surface area contributed by atoms with Crippen LogP contribution in [0.4, 0.5) is 5.69 Å². The van der Waals surface area contributed by atoms with Crippen LogP contribution in [0.2, 0.25) is 0 Å². The molecule has 0 radical (unpaired) electrons. The molecule has 27 heavy (non-hydrogen) atoms. The van der Waals surface area contributed by atoms with Crippen molar-refractivity contribution >= 4 is 5.69 Å². The van der Waals surface area contributed by atoms with Crippen LogP contribution in [0.3, 0.4) is 0 Å². The Morgan fingerprint density at radius 1 is 0.704 bits per heavy atom. The largest absolute Gasteiger partial charge is 0.269 e. The van der Waals surface area contributed by atoms with E-state index in [1.165, 1.54) is 12.1 Å². The zero-order valence-corrected chi connectivity index (χ0v) is 14.2. The summed E-state index contributed by atoms with van der Waals surface area (Å²) < 4.78 is 0. The lowest BCUT2D eigenvalue weighted by Crippen LogP contribution is -1.96. The van der Waals surface area contributed by atoms with E-state index in [0.717, 1.165) is 22.4 Å². The molecule has 0 saturated carbocycles. The second-order valence-corrected chi connectivity index (χ2v) is 5.87. The van der Waals surface area contributed by atoms with Gasteiger partial charge in [-0.15, -0.1) is 0 Å². The van der Waals surface area contributed by atoms with Gasteiger partial charge in [-0.05, 0) is 30.3 Å². The quantitative estimate of drug-likeness (QED) is 0.389. The van der Waals surface area contributed by atoms with Gasteiger partial charge in [-0.25, -0.2) is 9.97 Å². The van der Waals surface area contributed by atoms with Crippen molar-refractivity contribution in [3.8, 4) is 33.9 Å². The SMILES string of the molecule is O=[N+]([O-])c1ccc(-c2cc(-c3ccccc3)nc(-c3ccncc3)n2)cc1. The highest BCUT2D eigenvalue weighted by Gasteiger charge is 2.11. The number of nitro benzene ring substituents is 1. The van der Waals surface area contributed by atoms with E-state index >= 15 is 0 Å². The van der Waals surface area contributed by atoms with Crippen LogP contribution in [-0.2, 0) is 0 Å². The van der Waals surface area contributed by atoms with Crippen LogP contribution in [0.1, 0.15) is 0 Å². The van der Waals surface area contributed by atoms with E-state index in [2.05, 4.69) is 9.97 Å². The molecule has 0 spiro atoms. The van der Waals surface area contributed by atoms with Crippen LogP contribution in [-0.4, -0.2) is 19.9 Å². The minimum atomic E-state index is -0.415. The van der Waals surface area contributed by atoms with Gasteiger partial charge in [-0.1, -0.05) is 30.3 Å². The summed E-state index contributed by atoms with van der Waals surface area (Å²) in [5, 5.41) is 10.9. The lowest BCUT2D eigenvalue weighted by Gasteiger charge is -2.09. The molecule has 0 aliphatic rings. The summed E-state index contributed by atoms with van der Waals surface area (Å²) in [6, 6.07) is 21.8. The molecule has 0 saturated heterocycles. The summed E-state index contributed by atoms with van der Waals surface area (Å²) in [6.45, 7) is 0. The van der Waals surface area contributed by atoms with Crippen molar-refractivity contribution in [2.45, 2.75) is 0 Å². The maximum Gasteiger partial charge on any atom is 0.269 e. The van der Waals surface area contributed by atoms with Gasteiger partial charge >= 0.3 is 0 Å². The smallest absolute Gasteiger partial charge is 0.265 e. The molecule has 0 bridgehead atoms. The summed E-state index contributed by atoms with van der Waals surface area (Å²) in [4.78, 5) is 23.9. The molecule has 0 unspecified atom stereocenters. The minimum Gasteiger partial charge on any atom is -0.265 e. The van der Waals surface area contributed by atoms with Gasteiger partial charge in [0.2, 0.25) is 0 Å². The van der Waals surface area contributed by atoms with E-state index in [1.807, 2.05) is 48.5 Å². The van der Waals surface area contributed by atoms with E-state index in [4.69, 9.17) is 4.98 Å². The Morgan fingerprint density at radius 3 is 1.89 bits per heavy atom. The molecule has 2 heterocycles. The number of hydrogen-bond donors (Lipinski definition) is 0. The molecule has 2 aromatic carbocycles. The number of aromatic nitrogens is 3. The van der Waals surface area contributed by atoms with Gasteiger partial charge in [0.25, 0.3) is 5.69 Å². The standard InChI is InChI=1S/C21H14N4O2/c26-25(27)18-8-6-16(7-9-18)20-14-19(15-4-2-1-3-5-15)23-21(24-20)17-10-12-22-13-11-17/h1-14H. The van der Waals surface area contributed by atoms with Gasteiger partial charge in [0.05, 0.1) is 16.3 Å². The second kappa shape index (κ2) is 7.13. The third-order valence-electron chi connectivity index (χ3n) is 4.11. The lowest BCUT2D eigenvalue weighted by atomic mass is 10.1. The number of rotatable bonds is 4. The number of pyridine rings is 1. The molecule has 0 amide bonds. The maximum absolute atomic E-state index is 10.9. The van der Waals surface area contributed by atoms with E-state index in [9.17, 15) is 10.1 Å². The second-order valence-electron chi connectivity index (χ2n) is 5.87. The monoisotopic (exact) mass is 354 g/mol.